The van der Waals surface area contributed by atoms with Crippen LogP contribution in [0.25, 0.3) is 0 Å². The van der Waals surface area contributed by atoms with Crippen molar-refractivity contribution in [2.45, 2.75) is 13.0 Å². The van der Waals surface area contributed by atoms with Gasteiger partial charge >= 0.3 is 0 Å². The number of hydrazine groups is 1. The molecule has 0 aliphatic rings. The maximum absolute atomic E-state index is 5.67. The smallest absolute Gasteiger partial charge is 0.0893 e. The summed E-state index contributed by atoms with van der Waals surface area (Å²) in [5, 5.41) is 0. The largest absolute Gasteiger partial charge is 0.271 e. The summed E-state index contributed by atoms with van der Waals surface area (Å²) in [6.07, 6.45) is 1.76. The standard InChI is InChI=1S/C13H13Br2N3/c1-8-3-2-4-9(5-8)12(18-16)13-11(15)6-10(14)7-17-13/h2-7,12,18H,16H2,1H3. The van der Waals surface area contributed by atoms with E-state index in [9.17, 15) is 0 Å². The second kappa shape index (κ2) is 5.93. The van der Waals surface area contributed by atoms with Crippen LogP contribution in [0.4, 0.5) is 0 Å². The van der Waals surface area contributed by atoms with Crippen molar-refractivity contribution in [2.75, 3.05) is 0 Å². The molecule has 0 saturated carbocycles. The number of pyridine rings is 1. The minimum Gasteiger partial charge on any atom is -0.271 e. The number of halogens is 2. The van der Waals surface area contributed by atoms with E-state index in [-0.39, 0.29) is 6.04 Å². The Morgan fingerprint density at radius 1 is 1.28 bits per heavy atom. The lowest BCUT2D eigenvalue weighted by molar-refractivity contribution is 0.617. The third-order valence-electron chi connectivity index (χ3n) is 2.65. The molecule has 1 aromatic carbocycles. The Bertz CT molecular complexity index is 558. The molecule has 0 aliphatic heterocycles. The van der Waals surface area contributed by atoms with Gasteiger partial charge in [-0.05, 0) is 50.4 Å². The first-order chi connectivity index (χ1) is 8.61. The molecule has 0 amide bonds. The quantitative estimate of drug-likeness (QED) is 0.642. The fourth-order valence-corrected chi connectivity index (χ4v) is 3.04. The van der Waals surface area contributed by atoms with Crippen molar-refractivity contribution >= 4 is 31.9 Å². The molecule has 0 radical (unpaired) electrons. The first-order valence-corrected chi connectivity index (χ1v) is 7.04. The van der Waals surface area contributed by atoms with Gasteiger partial charge in [0.2, 0.25) is 0 Å². The number of aryl methyl sites for hydroxylation is 1. The zero-order valence-corrected chi connectivity index (χ0v) is 13.0. The van der Waals surface area contributed by atoms with Crippen molar-refractivity contribution in [1.82, 2.24) is 10.4 Å². The molecule has 0 aliphatic carbocycles. The fourth-order valence-electron chi connectivity index (χ4n) is 1.82. The van der Waals surface area contributed by atoms with E-state index in [1.165, 1.54) is 5.56 Å². The van der Waals surface area contributed by atoms with Gasteiger partial charge in [-0.3, -0.25) is 10.8 Å². The van der Waals surface area contributed by atoms with E-state index in [0.717, 1.165) is 20.2 Å². The monoisotopic (exact) mass is 369 g/mol. The number of rotatable bonds is 3. The molecule has 3 N–H and O–H groups in total. The Morgan fingerprint density at radius 2 is 2.06 bits per heavy atom. The van der Waals surface area contributed by atoms with E-state index in [4.69, 9.17) is 5.84 Å². The number of benzene rings is 1. The summed E-state index contributed by atoms with van der Waals surface area (Å²) in [6.45, 7) is 2.06. The summed E-state index contributed by atoms with van der Waals surface area (Å²) in [6, 6.07) is 10.0. The van der Waals surface area contributed by atoms with Gasteiger partial charge in [-0.25, -0.2) is 5.43 Å². The van der Waals surface area contributed by atoms with E-state index in [1.54, 1.807) is 6.20 Å². The number of hydrogen-bond acceptors (Lipinski definition) is 3. The summed E-state index contributed by atoms with van der Waals surface area (Å²) >= 11 is 6.91. The molecule has 18 heavy (non-hydrogen) atoms. The van der Waals surface area contributed by atoms with Crippen molar-refractivity contribution in [2.24, 2.45) is 5.84 Å². The number of nitrogens with one attached hydrogen (secondary N) is 1. The SMILES string of the molecule is Cc1cccc(C(NN)c2ncc(Br)cc2Br)c1. The van der Waals surface area contributed by atoms with Gasteiger partial charge in [0, 0.05) is 15.1 Å². The molecular formula is C13H13Br2N3. The molecule has 1 heterocycles. The van der Waals surface area contributed by atoms with Gasteiger partial charge in [0.1, 0.15) is 0 Å². The van der Waals surface area contributed by atoms with Crippen LogP contribution in [0.15, 0.2) is 45.5 Å². The van der Waals surface area contributed by atoms with Crippen molar-refractivity contribution in [3.8, 4) is 0 Å². The number of aromatic nitrogens is 1. The highest BCUT2D eigenvalue weighted by Crippen LogP contribution is 2.28. The summed E-state index contributed by atoms with van der Waals surface area (Å²) < 4.78 is 1.85. The Hall–Kier alpha value is -0.750. The van der Waals surface area contributed by atoms with Crippen LogP contribution in [-0.4, -0.2) is 4.98 Å². The summed E-state index contributed by atoms with van der Waals surface area (Å²) in [4.78, 5) is 4.42. The average molecular weight is 371 g/mol. The van der Waals surface area contributed by atoms with Gasteiger partial charge in [0.05, 0.1) is 11.7 Å². The zero-order chi connectivity index (χ0) is 13.1. The van der Waals surface area contributed by atoms with Crippen LogP contribution in [0.5, 0.6) is 0 Å². The molecule has 0 fully saturated rings. The second-order valence-electron chi connectivity index (χ2n) is 4.03. The van der Waals surface area contributed by atoms with E-state index < -0.39 is 0 Å². The lowest BCUT2D eigenvalue weighted by Crippen LogP contribution is -2.29. The maximum Gasteiger partial charge on any atom is 0.0893 e. The molecule has 1 aromatic heterocycles. The van der Waals surface area contributed by atoms with E-state index in [1.807, 2.05) is 18.2 Å². The topological polar surface area (TPSA) is 50.9 Å². The highest BCUT2D eigenvalue weighted by Gasteiger charge is 2.17. The van der Waals surface area contributed by atoms with Crippen molar-refractivity contribution in [3.63, 3.8) is 0 Å². The molecule has 2 aromatic rings. The molecular weight excluding hydrogens is 358 g/mol. The second-order valence-corrected chi connectivity index (χ2v) is 5.80. The molecule has 0 bridgehead atoms. The van der Waals surface area contributed by atoms with Crippen LogP contribution in [0.1, 0.15) is 22.9 Å². The Balaban J connectivity index is 2.45. The van der Waals surface area contributed by atoms with Crippen LogP contribution in [-0.2, 0) is 0 Å². The highest BCUT2D eigenvalue weighted by molar-refractivity contribution is 9.11. The predicted molar refractivity (Wildman–Crippen MR) is 80.0 cm³/mol. The first kappa shape index (κ1) is 13.7. The van der Waals surface area contributed by atoms with Gasteiger partial charge in [-0.1, -0.05) is 29.8 Å². The van der Waals surface area contributed by atoms with Crippen molar-refractivity contribution in [1.29, 1.82) is 0 Å². The Labute approximate surface area is 123 Å². The van der Waals surface area contributed by atoms with Gasteiger partial charge in [0.15, 0.2) is 0 Å². The average Bonchev–Trinajstić information content (AvgIpc) is 2.33. The summed E-state index contributed by atoms with van der Waals surface area (Å²) in [5.41, 5.74) is 5.97. The Kier molecular flexibility index (Phi) is 4.50. The summed E-state index contributed by atoms with van der Waals surface area (Å²) in [7, 11) is 0. The van der Waals surface area contributed by atoms with E-state index in [0.29, 0.717) is 0 Å². The van der Waals surface area contributed by atoms with Gasteiger partial charge in [0.25, 0.3) is 0 Å². The van der Waals surface area contributed by atoms with Gasteiger partial charge in [-0.2, -0.15) is 0 Å². The lowest BCUT2D eigenvalue weighted by atomic mass is 10.0. The summed E-state index contributed by atoms with van der Waals surface area (Å²) in [5.74, 6) is 5.67. The van der Waals surface area contributed by atoms with Crippen LogP contribution in [0.3, 0.4) is 0 Å². The predicted octanol–water partition coefficient (Wildman–Crippen LogP) is 3.47. The van der Waals surface area contributed by atoms with Crippen LogP contribution in [0.2, 0.25) is 0 Å². The fraction of sp³-hybridized carbons (Fsp3) is 0.154. The first-order valence-electron chi connectivity index (χ1n) is 5.45. The molecule has 2 rings (SSSR count). The maximum atomic E-state index is 5.67. The van der Waals surface area contributed by atoms with Crippen molar-refractivity contribution in [3.05, 3.63) is 62.3 Å². The lowest BCUT2D eigenvalue weighted by Gasteiger charge is -2.17. The van der Waals surface area contributed by atoms with Crippen LogP contribution >= 0.6 is 31.9 Å². The molecule has 0 saturated heterocycles. The number of nitrogens with two attached hydrogens (primary N) is 1. The molecule has 1 atom stereocenters. The molecule has 94 valence electrons. The van der Waals surface area contributed by atoms with Crippen LogP contribution in [0, 0.1) is 6.92 Å². The molecule has 3 nitrogen and oxygen atoms in total. The van der Waals surface area contributed by atoms with Crippen molar-refractivity contribution < 1.29 is 0 Å². The number of hydrogen-bond donors (Lipinski definition) is 2. The Morgan fingerprint density at radius 3 is 2.67 bits per heavy atom. The zero-order valence-electron chi connectivity index (χ0n) is 9.82. The van der Waals surface area contributed by atoms with Crippen LogP contribution < -0.4 is 11.3 Å². The van der Waals surface area contributed by atoms with E-state index in [2.05, 4.69) is 61.3 Å². The van der Waals surface area contributed by atoms with E-state index >= 15 is 0 Å². The highest BCUT2D eigenvalue weighted by atomic mass is 79.9. The number of nitrogens with zero attached hydrogens (tertiary/aromatic N) is 1. The third-order valence-corrected chi connectivity index (χ3v) is 3.72. The molecule has 5 heteroatoms. The molecule has 0 spiro atoms. The minimum absolute atomic E-state index is 0.132. The molecule has 1 unspecified atom stereocenters. The van der Waals surface area contributed by atoms with Gasteiger partial charge < -0.3 is 0 Å². The van der Waals surface area contributed by atoms with Gasteiger partial charge in [-0.15, -0.1) is 0 Å². The minimum atomic E-state index is -0.132. The third kappa shape index (κ3) is 2.98. The normalized spacial score (nSPS) is 12.4.